The zero-order chi connectivity index (χ0) is 19.2. The SMILES string of the molecule is CN(C)Cc1ccc(C(=O)N[C@H](c2ccccc2)c2ccc(Cl)cc2)cn1. The first-order valence-electron chi connectivity index (χ1n) is 8.74. The number of carbonyl (C=O) groups excluding carboxylic acids is 1. The smallest absolute Gasteiger partial charge is 0.253 e. The number of amides is 1. The van der Waals surface area contributed by atoms with Gasteiger partial charge < -0.3 is 10.2 Å². The van der Waals surface area contributed by atoms with Crippen molar-refractivity contribution in [3.05, 3.63) is 100 Å². The van der Waals surface area contributed by atoms with E-state index >= 15 is 0 Å². The Balaban J connectivity index is 1.83. The van der Waals surface area contributed by atoms with Gasteiger partial charge in [0.25, 0.3) is 5.91 Å². The molecule has 0 aliphatic rings. The van der Waals surface area contributed by atoms with Crippen molar-refractivity contribution in [3.8, 4) is 0 Å². The van der Waals surface area contributed by atoms with Gasteiger partial charge in [-0.25, -0.2) is 0 Å². The van der Waals surface area contributed by atoms with Gasteiger partial charge in [-0.05, 0) is 49.5 Å². The molecule has 3 aromatic rings. The molecule has 0 unspecified atom stereocenters. The lowest BCUT2D eigenvalue weighted by atomic mass is 9.98. The molecule has 4 nitrogen and oxygen atoms in total. The molecule has 2 aromatic carbocycles. The van der Waals surface area contributed by atoms with Gasteiger partial charge in [-0.2, -0.15) is 0 Å². The Morgan fingerprint density at radius 3 is 2.26 bits per heavy atom. The summed E-state index contributed by atoms with van der Waals surface area (Å²) in [5.74, 6) is -0.164. The third-order valence-electron chi connectivity index (χ3n) is 4.18. The summed E-state index contributed by atoms with van der Waals surface area (Å²) in [4.78, 5) is 19.2. The Hall–Kier alpha value is -2.69. The van der Waals surface area contributed by atoms with Crippen molar-refractivity contribution in [3.63, 3.8) is 0 Å². The summed E-state index contributed by atoms with van der Waals surface area (Å²) in [7, 11) is 3.97. The molecule has 1 aromatic heterocycles. The Morgan fingerprint density at radius 2 is 1.67 bits per heavy atom. The fraction of sp³-hybridized carbons (Fsp3) is 0.182. The summed E-state index contributed by atoms with van der Waals surface area (Å²) >= 11 is 6.02. The molecular weight excluding hydrogens is 358 g/mol. The zero-order valence-electron chi connectivity index (χ0n) is 15.4. The molecule has 0 saturated carbocycles. The van der Waals surface area contributed by atoms with E-state index in [0.29, 0.717) is 10.6 Å². The first kappa shape index (κ1) is 19.1. The molecule has 0 aliphatic heterocycles. The minimum atomic E-state index is -0.266. The minimum absolute atomic E-state index is 0.164. The number of nitrogens with one attached hydrogen (secondary N) is 1. The number of halogens is 1. The number of pyridine rings is 1. The predicted octanol–water partition coefficient (Wildman–Crippen LogP) is 4.32. The molecule has 1 heterocycles. The average molecular weight is 380 g/mol. The number of rotatable bonds is 6. The molecule has 0 radical (unpaired) electrons. The highest BCUT2D eigenvalue weighted by molar-refractivity contribution is 6.30. The van der Waals surface area contributed by atoms with Crippen LogP contribution in [0.25, 0.3) is 0 Å². The van der Waals surface area contributed by atoms with E-state index in [2.05, 4.69) is 10.3 Å². The van der Waals surface area contributed by atoms with Gasteiger partial charge in [-0.1, -0.05) is 54.1 Å². The summed E-state index contributed by atoms with van der Waals surface area (Å²) in [6, 6.07) is 20.8. The van der Waals surface area contributed by atoms with Gasteiger partial charge in [0.15, 0.2) is 0 Å². The van der Waals surface area contributed by atoms with Gasteiger partial charge in [0.05, 0.1) is 17.3 Å². The summed E-state index contributed by atoms with van der Waals surface area (Å²) in [5.41, 5.74) is 3.43. The van der Waals surface area contributed by atoms with E-state index in [9.17, 15) is 4.79 Å². The molecule has 3 rings (SSSR count). The van der Waals surface area contributed by atoms with Crippen LogP contribution in [-0.2, 0) is 6.54 Å². The highest BCUT2D eigenvalue weighted by Gasteiger charge is 2.18. The molecule has 0 aliphatic carbocycles. The van der Waals surface area contributed by atoms with Gasteiger partial charge in [-0.15, -0.1) is 0 Å². The van der Waals surface area contributed by atoms with Crippen molar-refractivity contribution in [2.24, 2.45) is 0 Å². The van der Waals surface area contributed by atoms with Crippen molar-refractivity contribution in [2.75, 3.05) is 14.1 Å². The fourth-order valence-electron chi connectivity index (χ4n) is 2.85. The lowest BCUT2D eigenvalue weighted by molar-refractivity contribution is 0.0942. The Labute approximate surface area is 164 Å². The normalized spacial score (nSPS) is 12.0. The van der Waals surface area contributed by atoms with E-state index in [1.807, 2.05) is 85.7 Å². The second-order valence-electron chi connectivity index (χ2n) is 6.64. The summed E-state index contributed by atoms with van der Waals surface area (Å²) in [6.45, 7) is 0.735. The topological polar surface area (TPSA) is 45.2 Å². The molecule has 1 amide bonds. The maximum absolute atomic E-state index is 12.8. The van der Waals surface area contributed by atoms with Gasteiger partial charge in [0.2, 0.25) is 0 Å². The third kappa shape index (κ3) is 5.16. The quantitative estimate of drug-likeness (QED) is 0.693. The van der Waals surface area contributed by atoms with E-state index in [4.69, 9.17) is 11.6 Å². The fourth-order valence-corrected chi connectivity index (χ4v) is 2.98. The van der Waals surface area contributed by atoms with Crippen LogP contribution in [0.15, 0.2) is 72.9 Å². The van der Waals surface area contributed by atoms with Gasteiger partial charge >= 0.3 is 0 Å². The average Bonchev–Trinajstić information content (AvgIpc) is 2.67. The second-order valence-corrected chi connectivity index (χ2v) is 7.08. The molecular formula is C22H22ClN3O. The lowest BCUT2D eigenvalue weighted by Gasteiger charge is -2.20. The van der Waals surface area contributed by atoms with Gasteiger partial charge in [0.1, 0.15) is 0 Å². The minimum Gasteiger partial charge on any atom is -0.341 e. The Kier molecular flexibility index (Phi) is 6.22. The second kappa shape index (κ2) is 8.80. The third-order valence-corrected chi connectivity index (χ3v) is 4.43. The number of benzene rings is 2. The lowest BCUT2D eigenvalue weighted by Crippen LogP contribution is -2.29. The molecule has 1 atom stereocenters. The molecule has 27 heavy (non-hydrogen) atoms. The van der Waals surface area contributed by atoms with E-state index in [1.165, 1.54) is 0 Å². The van der Waals surface area contributed by atoms with E-state index in [-0.39, 0.29) is 11.9 Å². The largest absolute Gasteiger partial charge is 0.341 e. The van der Waals surface area contributed by atoms with Crippen molar-refractivity contribution < 1.29 is 4.79 Å². The predicted molar refractivity (Wildman–Crippen MR) is 109 cm³/mol. The molecule has 0 bridgehead atoms. The van der Waals surface area contributed by atoms with Crippen LogP contribution >= 0.6 is 11.6 Å². The zero-order valence-corrected chi connectivity index (χ0v) is 16.1. The van der Waals surface area contributed by atoms with Crippen molar-refractivity contribution >= 4 is 17.5 Å². The van der Waals surface area contributed by atoms with Crippen LogP contribution in [0, 0.1) is 0 Å². The van der Waals surface area contributed by atoms with Crippen LogP contribution in [0.1, 0.15) is 33.2 Å². The van der Waals surface area contributed by atoms with Crippen molar-refractivity contribution in [1.82, 2.24) is 15.2 Å². The summed E-state index contributed by atoms with van der Waals surface area (Å²) < 4.78 is 0. The number of nitrogens with zero attached hydrogens (tertiary/aromatic N) is 2. The van der Waals surface area contributed by atoms with Crippen LogP contribution < -0.4 is 5.32 Å². The van der Waals surface area contributed by atoms with Crippen LogP contribution in [0.2, 0.25) is 5.02 Å². The van der Waals surface area contributed by atoms with Crippen LogP contribution in [0.5, 0.6) is 0 Å². The molecule has 5 heteroatoms. The van der Waals surface area contributed by atoms with Gasteiger partial charge in [-0.3, -0.25) is 9.78 Å². The number of carbonyl (C=O) groups is 1. The molecule has 1 N–H and O–H groups in total. The first-order valence-corrected chi connectivity index (χ1v) is 9.11. The van der Waals surface area contributed by atoms with E-state index in [1.54, 1.807) is 6.20 Å². The maximum atomic E-state index is 12.8. The van der Waals surface area contributed by atoms with Gasteiger partial charge in [0, 0.05) is 17.8 Å². The Morgan fingerprint density at radius 1 is 1.00 bits per heavy atom. The highest BCUT2D eigenvalue weighted by atomic mass is 35.5. The van der Waals surface area contributed by atoms with Crippen molar-refractivity contribution in [2.45, 2.75) is 12.6 Å². The molecule has 0 saturated heterocycles. The van der Waals surface area contributed by atoms with Crippen LogP contribution in [-0.4, -0.2) is 29.9 Å². The standard InChI is InChI=1S/C22H22ClN3O/c1-26(2)15-20-13-10-18(14-24-20)22(27)25-21(16-6-4-3-5-7-16)17-8-11-19(23)12-9-17/h3-14,21H,15H2,1-2H3,(H,25,27)/t21-/m1/s1. The summed E-state index contributed by atoms with van der Waals surface area (Å²) in [6.07, 6.45) is 1.62. The molecule has 0 fully saturated rings. The summed E-state index contributed by atoms with van der Waals surface area (Å²) in [5, 5.41) is 3.78. The number of aromatic nitrogens is 1. The van der Waals surface area contributed by atoms with E-state index < -0.39 is 0 Å². The van der Waals surface area contributed by atoms with Crippen molar-refractivity contribution in [1.29, 1.82) is 0 Å². The molecule has 138 valence electrons. The number of hydrogen-bond acceptors (Lipinski definition) is 3. The van der Waals surface area contributed by atoms with E-state index in [0.717, 1.165) is 23.4 Å². The first-order chi connectivity index (χ1) is 13.0. The maximum Gasteiger partial charge on any atom is 0.253 e. The van der Waals surface area contributed by atoms with Crippen LogP contribution in [0.3, 0.4) is 0 Å². The van der Waals surface area contributed by atoms with Crippen LogP contribution in [0.4, 0.5) is 0 Å². The molecule has 0 spiro atoms. The monoisotopic (exact) mass is 379 g/mol. The highest BCUT2D eigenvalue weighted by Crippen LogP contribution is 2.24. The number of hydrogen-bond donors (Lipinski definition) is 1. The Bertz CT molecular complexity index is 878.